The Morgan fingerprint density at radius 2 is 1.69 bits per heavy atom. The Bertz CT molecular complexity index is 988. The molecule has 32 heavy (non-hydrogen) atoms. The van der Waals surface area contributed by atoms with Crippen molar-refractivity contribution in [1.82, 2.24) is 9.80 Å². The van der Waals surface area contributed by atoms with E-state index in [2.05, 4.69) is 5.32 Å². The molecule has 1 unspecified atom stereocenters. The molecule has 0 radical (unpaired) electrons. The number of para-hydroxylation sites is 2. The van der Waals surface area contributed by atoms with Crippen molar-refractivity contribution in [3.8, 4) is 5.75 Å². The van der Waals surface area contributed by atoms with Crippen LogP contribution < -0.4 is 10.1 Å². The quantitative estimate of drug-likeness (QED) is 0.783. The Morgan fingerprint density at radius 1 is 1.00 bits per heavy atom. The number of halogens is 3. The summed E-state index contributed by atoms with van der Waals surface area (Å²) in [6, 6.07) is 12.6. The summed E-state index contributed by atoms with van der Waals surface area (Å²) in [5.41, 5.74) is -0.108. The van der Waals surface area contributed by atoms with Crippen LogP contribution in [0.1, 0.15) is 11.1 Å². The summed E-state index contributed by atoms with van der Waals surface area (Å²) in [7, 11) is 0. The van der Waals surface area contributed by atoms with Crippen LogP contribution in [0.3, 0.4) is 0 Å². The van der Waals surface area contributed by atoms with Gasteiger partial charge in [0, 0.05) is 26.2 Å². The first kappa shape index (κ1) is 22.1. The number of benzene rings is 2. The topological polar surface area (TPSA) is 61.9 Å². The van der Waals surface area contributed by atoms with Crippen molar-refractivity contribution in [2.45, 2.75) is 12.6 Å². The Labute approximate surface area is 183 Å². The van der Waals surface area contributed by atoms with Gasteiger partial charge in [-0.3, -0.25) is 14.5 Å². The highest BCUT2D eigenvalue weighted by atomic mass is 19.4. The summed E-state index contributed by atoms with van der Waals surface area (Å²) < 4.78 is 45.0. The van der Waals surface area contributed by atoms with Crippen LogP contribution in [0, 0.1) is 5.92 Å². The zero-order valence-corrected chi connectivity index (χ0v) is 17.4. The van der Waals surface area contributed by atoms with Gasteiger partial charge in [-0.25, -0.2) is 0 Å². The van der Waals surface area contributed by atoms with Gasteiger partial charge in [0.25, 0.3) is 0 Å². The van der Waals surface area contributed by atoms with Crippen molar-refractivity contribution < 1.29 is 27.5 Å². The van der Waals surface area contributed by atoms with Crippen LogP contribution in [0.25, 0.3) is 0 Å². The minimum Gasteiger partial charge on any atom is -0.492 e. The molecule has 1 atom stereocenters. The fourth-order valence-electron chi connectivity index (χ4n) is 4.10. The molecule has 0 saturated carbocycles. The third-order valence-electron chi connectivity index (χ3n) is 5.79. The molecular formula is C23H24F3N3O3. The SMILES string of the molecule is O=C(CN1CCN(C(=O)C2COc3ccccc3C2)CC1)Nc1ccccc1C(F)(F)F. The molecule has 1 fully saturated rings. The molecule has 4 rings (SSSR count). The van der Waals surface area contributed by atoms with Crippen LogP contribution in [-0.2, 0) is 22.2 Å². The number of hydrogen-bond donors (Lipinski definition) is 1. The number of fused-ring (bicyclic) bond motifs is 1. The third kappa shape index (κ3) is 5.04. The van der Waals surface area contributed by atoms with Crippen LogP contribution in [0.15, 0.2) is 48.5 Å². The van der Waals surface area contributed by atoms with Gasteiger partial charge in [0.2, 0.25) is 11.8 Å². The lowest BCUT2D eigenvalue weighted by Crippen LogP contribution is -2.52. The minimum absolute atomic E-state index is 0.0303. The summed E-state index contributed by atoms with van der Waals surface area (Å²) in [5.74, 6) is 0.0968. The average molecular weight is 447 g/mol. The lowest BCUT2D eigenvalue weighted by molar-refractivity contribution is -0.139. The number of ether oxygens (including phenoxy) is 1. The van der Waals surface area contributed by atoms with E-state index in [9.17, 15) is 22.8 Å². The molecule has 170 valence electrons. The number of carbonyl (C=O) groups is 2. The zero-order chi connectivity index (χ0) is 22.7. The second-order valence-electron chi connectivity index (χ2n) is 8.01. The predicted molar refractivity (Wildman–Crippen MR) is 112 cm³/mol. The molecule has 1 N–H and O–H groups in total. The molecule has 2 heterocycles. The highest BCUT2D eigenvalue weighted by Gasteiger charge is 2.34. The predicted octanol–water partition coefficient (Wildman–Crippen LogP) is 3.04. The number of rotatable bonds is 4. The van der Waals surface area contributed by atoms with Gasteiger partial charge in [0.05, 0.1) is 23.7 Å². The van der Waals surface area contributed by atoms with Gasteiger partial charge in [0.15, 0.2) is 0 Å². The first-order valence-electron chi connectivity index (χ1n) is 10.5. The molecule has 6 nitrogen and oxygen atoms in total. The van der Waals surface area contributed by atoms with Gasteiger partial charge in [-0.15, -0.1) is 0 Å². The summed E-state index contributed by atoms with van der Waals surface area (Å²) in [6.45, 7) is 2.19. The van der Waals surface area contributed by atoms with Crippen molar-refractivity contribution in [1.29, 1.82) is 0 Å². The van der Waals surface area contributed by atoms with Crippen molar-refractivity contribution in [3.05, 3.63) is 59.7 Å². The van der Waals surface area contributed by atoms with E-state index < -0.39 is 17.6 Å². The molecule has 2 aliphatic heterocycles. The van der Waals surface area contributed by atoms with Crippen molar-refractivity contribution in [2.75, 3.05) is 44.6 Å². The fraction of sp³-hybridized carbons (Fsp3) is 0.391. The number of hydrogen-bond acceptors (Lipinski definition) is 4. The first-order valence-corrected chi connectivity index (χ1v) is 10.5. The van der Waals surface area contributed by atoms with E-state index in [-0.39, 0.29) is 24.1 Å². The average Bonchev–Trinajstić information content (AvgIpc) is 2.78. The summed E-state index contributed by atoms with van der Waals surface area (Å²) >= 11 is 0. The van der Waals surface area contributed by atoms with Gasteiger partial charge in [-0.2, -0.15) is 13.2 Å². The molecule has 2 aliphatic rings. The molecule has 0 aliphatic carbocycles. The van der Waals surface area contributed by atoms with Gasteiger partial charge in [-0.1, -0.05) is 30.3 Å². The number of anilines is 1. The third-order valence-corrected chi connectivity index (χ3v) is 5.79. The van der Waals surface area contributed by atoms with Crippen LogP contribution >= 0.6 is 0 Å². The number of amides is 2. The number of nitrogens with one attached hydrogen (secondary N) is 1. The summed E-state index contributed by atoms with van der Waals surface area (Å²) in [6.07, 6.45) is -3.91. The molecule has 9 heteroatoms. The Morgan fingerprint density at radius 3 is 2.44 bits per heavy atom. The van der Waals surface area contributed by atoms with E-state index >= 15 is 0 Å². The maximum absolute atomic E-state index is 13.1. The monoisotopic (exact) mass is 447 g/mol. The minimum atomic E-state index is -4.54. The Balaban J connectivity index is 1.27. The van der Waals surface area contributed by atoms with Crippen LogP contribution in [0.4, 0.5) is 18.9 Å². The van der Waals surface area contributed by atoms with E-state index in [1.165, 1.54) is 18.2 Å². The molecule has 1 saturated heterocycles. The highest BCUT2D eigenvalue weighted by Crippen LogP contribution is 2.34. The highest BCUT2D eigenvalue weighted by molar-refractivity contribution is 5.93. The molecule has 2 aromatic carbocycles. The molecule has 2 amide bonds. The Kier molecular flexibility index (Phi) is 6.36. The van der Waals surface area contributed by atoms with Crippen molar-refractivity contribution in [3.63, 3.8) is 0 Å². The lowest BCUT2D eigenvalue weighted by atomic mass is 9.95. The lowest BCUT2D eigenvalue weighted by Gasteiger charge is -2.37. The standard InChI is InChI=1S/C23H24F3N3O3/c24-23(25,26)18-6-2-3-7-19(18)27-21(30)14-28-9-11-29(12-10-28)22(31)17-13-16-5-1-4-8-20(16)32-15-17/h1-8,17H,9-15H2,(H,27,30). The van der Waals surface area contributed by atoms with E-state index in [1.54, 1.807) is 4.90 Å². The number of piperazine rings is 1. The normalized spacial score (nSPS) is 19.1. The van der Waals surface area contributed by atoms with Gasteiger partial charge < -0.3 is 15.0 Å². The smallest absolute Gasteiger partial charge is 0.418 e. The number of carbonyl (C=O) groups excluding carboxylic acids is 2. The molecular weight excluding hydrogens is 423 g/mol. The van der Waals surface area contributed by atoms with Gasteiger partial charge >= 0.3 is 6.18 Å². The number of alkyl halides is 3. The van der Waals surface area contributed by atoms with E-state index in [0.717, 1.165) is 17.4 Å². The van der Waals surface area contributed by atoms with E-state index in [0.29, 0.717) is 39.2 Å². The largest absolute Gasteiger partial charge is 0.492 e. The maximum atomic E-state index is 13.1. The summed E-state index contributed by atoms with van der Waals surface area (Å²) in [5, 5.41) is 2.36. The van der Waals surface area contributed by atoms with E-state index in [4.69, 9.17) is 4.74 Å². The van der Waals surface area contributed by atoms with Crippen molar-refractivity contribution >= 4 is 17.5 Å². The Hall–Kier alpha value is -3.07. The molecule has 0 aromatic heterocycles. The van der Waals surface area contributed by atoms with Crippen LogP contribution in [-0.4, -0.2) is 60.9 Å². The van der Waals surface area contributed by atoms with E-state index in [1.807, 2.05) is 29.2 Å². The fourth-order valence-corrected chi connectivity index (χ4v) is 4.10. The molecule has 0 spiro atoms. The number of nitrogens with zero attached hydrogens (tertiary/aromatic N) is 2. The van der Waals surface area contributed by atoms with Crippen LogP contribution in [0.2, 0.25) is 0 Å². The second kappa shape index (κ2) is 9.20. The van der Waals surface area contributed by atoms with Crippen molar-refractivity contribution in [2.24, 2.45) is 5.92 Å². The first-order chi connectivity index (χ1) is 15.3. The maximum Gasteiger partial charge on any atom is 0.418 e. The summed E-state index contributed by atoms with van der Waals surface area (Å²) in [4.78, 5) is 28.8. The van der Waals surface area contributed by atoms with Gasteiger partial charge in [-0.05, 0) is 30.2 Å². The molecule has 0 bridgehead atoms. The van der Waals surface area contributed by atoms with Crippen LogP contribution in [0.5, 0.6) is 5.75 Å². The molecule has 2 aromatic rings. The zero-order valence-electron chi connectivity index (χ0n) is 17.4. The van der Waals surface area contributed by atoms with Gasteiger partial charge in [0.1, 0.15) is 12.4 Å². The second-order valence-corrected chi connectivity index (χ2v) is 8.01.